The lowest BCUT2D eigenvalue weighted by atomic mass is 10.1. The predicted molar refractivity (Wildman–Crippen MR) is 87.4 cm³/mol. The Labute approximate surface area is 139 Å². The molecule has 0 atom stereocenters. The van der Waals surface area contributed by atoms with Crippen LogP contribution in [-0.4, -0.2) is 17.2 Å². The fraction of sp³-hybridized carbons (Fsp3) is 0.211. The minimum absolute atomic E-state index is 0.231. The van der Waals surface area contributed by atoms with E-state index in [0.717, 1.165) is 17.7 Å². The van der Waals surface area contributed by atoms with Gasteiger partial charge in [-0.25, -0.2) is 0 Å². The highest BCUT2D eigenvalue weighted by Crippen LogP contribution is 2.29. The van der Waals surface area contributed by atoms with Crippen molar-refractivity contribution in [2.24, 2.45) is 0 Å². The largest absolute Gasteiger partial charge is 0.416 e. The Morgan fingerprint density at radius 3 is 2.21 bits per heavy atom. The highest BCUT2D eigenvalue weighted by molar-refractivity contribution is 6.04. The molecule has 0 aliphatic rings. The molecule has 0 N–H and O–H groups in total. The molecule has 0 aromatic heterocycles. The van der Waals surface area contributed by atoms with Crippen molar-refractivity contribution in [3.63, 3.8) is 0 Å². The quantitative estimate of drug-likeness (QED) is 0.552. The first-order chi connectivity index (χ1) is 11.4. The van der Waals surface area contributed by atoms with Crippen molar-refractivity contribution >= 4 is 5.78 Å². The van der Waals surface area contributed by atoms with Gasteiger partial charge in [0, 0.05) is 30.9 Å². The molecule has 2 aromatic carbocycles. The molecule has 0 bridgehead atoms. The number of allylic oxidation sites excluding steroid dienone is 1. The number of carbonyl (C=O) groups is 1. The molecular weight excluding hydrogens is 315 g/mol. The number of carbonyl (C=O) groups excluding carboxylic acids is 1. The monoisotopic (exact) mass is 333 g/mol. The van der Waals surface area contributed by atoms with E-state index in [-0.39, 0.29) is 11.3 Å². The van der Waals surface area contributed by atoms with Crippen molar-refractivity contribution in [3.05, 3.63) is 83.6 Å². The number of hydrogen-bond donors (Lipinski definition) is 0. The first-order valence-corrected chi connectivity index (χ1v) is 7.58. The molecule has 2 rings (SSSR count). The molecule has 2 aromatic rings. The summed E-state index contributed by atoms with van der Waals surface area (Å²) in [5.41, 5.74) is 0.586. The molecular formula is C19H18F3NO. The summed E-state index contributed by atoms with van der Waals surface area (Å²) < 4.78 is 37.6. The van der Waals surface area contributed by atoms with Crippen LogP contribution in [0.1, 0.15) is 28.4 Å². The Morgan fingerprint density at radius 1 is 1.04 bits per heavy atom. The van der Waals surface area contributed by atoms with E-state index in [1.165, 1.54) is 18.2 Å². The van der Waals surface area contributed by atoms with E-state index in [0.29, 0.717) is 13.1 Å². The Bertz CT molecular complexity index is 691. The first kappa shape index (κ1) is 17.8. The Kier molecular flexibility index (Phi) is 5.79. The van der Waals surface area contributed by atoms with Gasteiger partial charge >= 0.3 is 6.18 Å². The zero-order chi connectivity index (χ0) is 17.6. The van der Waals surface area contributed by atoms with Crippen LogP contribution >= 0.6 is 0 Å². The first-order valence-electron chi connectivity index (χ1n) is 7.58. The maximum atomic E-state index is 12.5. The molecule has 0 radical (unpaired) electrons. The van der Waals surface area contributed by atoms with Crippen LogP contribution in [0.15, 0.2) is 66.9 Å². The van der Waals surface area contributed by atoms with Crippen LogP contribution < -0.4 is 0 Å². The van der Waals surface area contributed by atoms with Crippen LogP contribution in [0.5, 0.6) is 0 Å². The van der Waals surface area contributed by atoms with E-state index in [2.05, 4.69) is 0 Å². The van der Waals surface area contributed by atoms with Gasteiger partial charge < -0.3 is 4.90 Å². The van der Waals surface area contributed by atoms with Crippen molar-refractivity contribution in [1.82, 2.24) is 4.90 Å². The molecule has 5 heteroatoms. The van der Waals surface area contributed by atoms with Gasteiger partial charge in [-0.05, 0) is 24.6 Å². The van der Waals surface area contributed by atoms with E-state index in [4.69, 9.17) is 0 Å². The smallest absolute Gasteiger partial charge is 0.373 e. The zero-order valence-corrected chi connectivity index (χ0v) is 13.3. The molecule has 0 aliphatic heterocycles. The number of alkyl halides is 3. The normalized spacial score (nSPS) is 11.7. The SMILES string of the molecule is CCN(C=CC(=O)c1ccc(C(F)(F)F)cc1)Cc1ccccc1. The average Bonchev–Trinajstić information content (AvgIpc) is 2.58. The fourth-order valence-electron chi connectivity index (χ4n) is 2.18. The van der Waals surface area contributed by atoms with Gasteiger partial charge in [0.05, 0.1) is 5.56 Å². The van der Waals surface area contributed by atoms with Crippen LogP contribution in [0.4, 0.5) is 13.2 Å². The molecule has 0 fully saturated rings. The van der Waals surface area contributed by atoms with Gasteiger partial charge in [-0.3, -0.25) is 4.79 Å². The zero-order valence-electron chi connectivity index (χ0n) is 13.3. The lowest BCUT2D eigenvalue weighted by molar-refractivity contribution is -0.137. The summed E-state index contributed by atoms with van der Waals surface area (Å²) in [6.45, 7) is 3.34. The van der Waals surface area contributed by atoms with E-state index < -0.39 is 11.7 Å². The Balaban J connectivity index is 2.03. The van der Waals surface area contributed by atoms with Crippen LogP contribution in [0, 0.1) is 0 Å². The van der Waals surface area contributed by atoms with Gasteiger partial charge in [-0.2, -0.15) is 13.2 Å². The van der Waals surface area contributed by atoms with Crippen molar-refractivity contribution in [3.8, 4) is 0 Å². The molecule has 126 valence electrons. The van der Waals surface area contributed by atoms with Gasteiger partial charge in [0.2, 0.25) is 0 Å². The van der Waals surface area contributed by atoms with Crippen molar-refractivity contribution in [2.45, 2.75) is 19.6 Å². The molecule has 0 heterocycles. The second-order valence-corrected chi connectivity index (χ2v) is 5.30. The minimum Gasteiger partial charge on any atom is -0.373 e. The van der Waals surface area contributed by atoms with Gasteiger partial charge in [-0.1, -0.05) is 42.5 Å². The number of hydrogen-bond acceptors (Lipinski definition) is 2. The second-order valence-electron chi connectivity index (χ2n) is 5.30. The van der Waals surface area contributed by atoms with Crippen molar-refractivity contribution in [1.29, 1.82) is 0 Å². The summed E-state index contributed by atoms with van der Waals surface area (Å²) in [7, 11) is 0. The van der Waals surface area contributed by atoms with Crippen LogP contribution in [0.25, 0.3) is 0 Å². The summed E-state index contributed by atoms with van der Waals surface area (Å²) in [4.78, 5) is 14.0. The third kappa shape index (κ3) is 4.98. The van der Waals surface area contributed by atoms with Crippen molar-refractivity contribution < 1.29 is 18.0 Å². The number of ketones is 1. The number of benzene rings is 2. The lowest BCUT2D eigenvalue weighted by Gasteiger charge is -2.18. The molecule has 24 heavy (non-hydrogen) atoms. The number of nitrogens with zero attached hydrogens (tertiary/aromatic N) is 1. The topological polar surface area (TPSA) is 20.3 Å². The molecule has 0 aliphatic carbocycles. The van der Waals surface area contributed by atoms with Crippen LogP contribution in [0.2, 0.25) is 0 Å². The molecule has 0 saturated heterocycles. The van der Waals surface area contributed by atoms with E-state index in [1.807, 2.05) is 42.2 Å². The number of rotatable bonds is 6. The van der Waals surface area contributed by atoms with Gasteiger partial charge in [0.15, 0.2) is 5.78 Å². The van der Waals surface area contributed by atoms with Crippen LogP contribution in [-0.2, 0) is 12.7 Å². The fourth-order valence-corrected chi connectivity index (χ4v) is 2.18. The summed E-state index contributed by atoms with van der Waals surface area (Å²) in [5.74, 6) is -0.324. The van der Waals surface area contributed by atoms with E-state index in [1.54, 1.807) is 6.20 Å². The molecule has 0 spiro atoms. The van der Waals surface area contributed by atoms with Gasteiger partial charge in [0.25, 0.3) is 0 Å². The highest BCUT2D eigenvalue weighted by Gasteiger charge is 2.30. The Morgan fingerprint density at radius 2 is 1.67 bits per heavy atom. The third-order valence-corrected chi connectivity index (χ3v) is 3.57. The van der Waals surface area contributed by atoms with Gasteiger partial charge in [-0.15, -0.1) is 0 Å². The predicted octanol–water partition coefficient (Wildman–Crippen LogP) is 4.92. The van der Waals surface area contributed by atoms with E-state index >= 15 is 0 Å². The maximum absolute atomic E-state index is 12.5. The maximum Gasteiger partial charge on any atom is 0.416 e. The standard InChI is InChI=1S/C19H18F3NO/c1-2-23(14-15-6-4-3-5-7-15)13-12-18(24)16-8-10-17(11-9-16)19(20,21)22/h3-13H,2,14H2,1H3. The molecule has 0 amide bonds. The van der Waals surface area contributed by atoms with Crippen LogP contribution in [0.3, 0.4) is 0 Å². The summed E-state index contributed by atoms with van der Waals surface area (Å²) in [6.07, 6.45) is -1.34. The molecule has 2 nitrogen and oxygen atoms in total. The summed E-state index contributed by atoms with van der Waals surface area (Å²) in [6, 6.07) is 14.0. The summed E-state index contributed by atoms with van der Waals surface area (Å²) in [5, 5.41) is 0. The lowest BCUT2D eigenvalue weighted by Crippen LogP contribution is -2.16. The molecule has 0 saturated carbocycles. The number of halogens is 3. The second kappa shape index (κ2) is 7.81. The Hall–Kier alpha value is -2.56. The summed E-state index contributed by atoms with van der Waals surface area (Å²) >= 11 is 0. The van der Waals surface area contributed by atoms with E-state index in [9.17, 15) is 18.0 Å². The van der Waals surface area contributed by atoms with Crippen molar-refractivity contribution in [2.75, 3.05) is 6.54 Å². The third-order valence-electron chi connectivity index (χ3n) is 3.57. The minimum atomic E-state index is -4.40. The van der Waals surface area contributed by atoms with Gasteiger partial charge in [0.1, 0.15) is 0 Å². The average molecular weight is 333 g/mol. The molecule has 0 unspecified atom stereocenters. The highest BCUT2D eigenvalue weighted by atomic mass is 19.4.